The molecule has 0 saturated heterocycles. The van der Waals surface area contributed by atoms with Gasteiger partial charge in [-0.1, -0.05) is 0 Å². The van der Waals surface area contributed by atoms with Gasteiger partial charge in [-0.15, -0.1) is 0 Å². The summed E-state index contributed by atoms with van der Waals surface area (Å²) in [6, 6.07) is 2.73. The van der Waals surface area contributed by atoms with Crippen molar-refractivity contribution in [1.29, 1.82) is 0 Å². The highest BCUT2D eigenvalue weighted by molar-refractivity contribution is 7.07. The van der Waals surface area contributed by atoms with Crippen molar-refractivity contribution in [3.63, 3.8) is 0 Å². The molecule has 0 saturated carbocycles. The molecule has 0 aromatic carbocycles. The third-order valence-corrected chi connectivity index (χ3v) is 3.28. The van der Waals surface area contributed by atoms with Gasteiger partial charge >= 0.3 is 6.18 Å². The van der Waals surface area contributed by atoms with Crippen LogP contribution in [0.1, 0.15) is 11.1 Å². The predicted molar refractivity (Wildman–Crippen MR) is 72.0 cm³/mol. The van der Waals surface area contributed by atoms with Crippen LogP contribution in [0, 0.1) is 0 Å². The third-order valence-electron chi connectivity index (χ3n) is 2.55. The molecule has 0 aliphatic carbocycles. The molecular weight excluding hydrogens is 289 g/mol. The summed E-state index contributed by atoms with van der Waals surface area (Å²) >= 11 is 1.53. The molecule has 2 rings (SSSR count). The van der Waals surface area contributed by atoms with Gasteiger partial charge in [0.05, 0.1) is 12.8 Å². The van der Waals surface area contributed by atoms with E-state index in [-0.39, 0.29) is 18.2 Å². The SMILES string of the molecule is C=Nc1cc(C(F)(F)F)c(OCCc2ccsc2)cn1. The molecular formula is C13H11F3N2OS. The highest BCUT2D eigenvalue weighted by Gasteiger charge is 2.35. The number of pyridine rings is 1. The van der Waals surface area contributed by atoms with Crippen LogP contribution in [0.25, 0.3) is 0 Å². The van der Waals surface area contributed by atoms with E-state index < -0.39 is 11.7 Å². The molecule has 7 heteroatoms. The minimum absolute atomic E-state index is 0.0810. The zero-order valence-corrected chi connectivity index (χ0v) is 11.2. The van der Waals surface area contributed by atoms with E-state index >= 15 is 0 Å². The van der Waals surface area contributed by atoms with Crippen molar-refractivity contribution in [1.82, 2.24) is 4.98 Å². The molecule has 106 valence electrons. The summed E-state index contributed by atoms with van der Waals surface area (Å²) in [7, 11) is 0. The Bertz CT molecular complexity index is 582. The molecule has 2 aromatic rings. The summed E-state index contributed by atoms with van der Waals surface area (Å²) in [5, 5.41) is 3.83. The third kappa shape index (κ3) is 3.57. The highest BCUT2D eigenvalue weighted by Crippen LogP contribution is 2.37. The average Bonchev–Trinajstić information content (AvgIpc) is 2.91. The summed E-state index contributed by atoms with van der Waals surface area (Å²) < 4.78 is 43.9. The Labute approximate surface area is 117 Å². The lowest BCUT2D eigenvalue weighted by Crippen LogP contribution is -2.10. The first-order valence-electron chi connectivity index (χ1n) is 5.68. The molecule has 0 bridgehead atoms. The number of thiophene rings is 1. The molecule has 0 unspecified atom stereocenters. The Morgan fingerprint density at radius 2 is 2.20 bits per heavy atom. The van der Waals surface area contributed by atoms with Crippen LogP contribution in [0.5, 0.6) is 5.75 Å². The van der Waals surface area contributed by atoms with Gasteiger partial charge in [0, 0.05) is 6.42 Å². The molecule has 3 nitrogen and oxygen atoms in total. The molecule has 20 heavy (non-hydrogen) atoms. The number of nitrogens with zero attached hydrogens (tertiary/aromatic N) is 2. The fourth-order valence-electron chi connectivity index (χ4n) is 1.57. The molecule has 2 heterocycles. The van der Waals surface area contributed by atoms with Crippen molar-refractivity contribution in [2.75, 3.05) is 6.61 Å². The average molecular weight is 300 g/mol. The lowest BCUT2D eigenvalue weighted by Gasteiger charge is -2.13. The van der Waals surface area contributed by atoms with Crippen molar-refractivity contribution in [2.45, 2.75) is 12.6 Å². The maximum atomic E-state index is 12.9. The van der Waals surface area contributed by atoms with E-state index in [0.717, 1.165) is 17.8 Å². The van der Waals surface area contributed by atoms with Gasteiger partial charge in [-0.25, -0.2) is 9.98 Å². The van der Waals surface area contributed by atoms with Crippen LogP contribution < -0.4 is 4.74 Å². The number of hydrogen-bond acceptors (Lipinski definition) is 4. The number of aromatic nitrogens is 1. The van der Waals surface area contributed by atoms with E-state index in [1.165, 1.54) is 11.3 Å². The summed E-state index contributed by atoms with van der Waals surface area (Å²) in [5.41, 5.74) is 0.140. The van der Waals surface area contributed by atoms with Crippen LogP contribution in [0.3, 0.4) is 0 Å². The number of alkyl halides is 3. The first kappa shape index (κ1) is 14.5. The summed E-state index contributed by atoms with van der Waals surface area (Å²) in [4.78, 5) is 7.13. The Balaban J connectivity index is 2.12. The van der Waals surface area contributed by atoms with Crippen LogP contribution in [-0.2, 0) is 12.6 Å². The number of halogens is 3. The van der Waals surface area contributed by atoms with Crippen LogP contribution in [0.4, 0.5) is 19.0 Å². The Morgan fingerprint density at radius 1 is 1.40 bits per heavy atom. The van der Waals surface area contributed by atoms with Gasteiger partial charge in [-0.2, -0.15) is 24.5 Å². The van der Waals surface area contributed by atoms with Gasteiger partial charge in [0.25, 0.3) is 0 Å². The highest BCUT2D eigenvalue weighted by atomic mass is 32.1. The fraction of sp³-hybridized carbons (Fsp3) is 0.231. The number of aliphatic imine (C=N–C) groups is 1. The molecule has 0 radical (unpaired) electrons. The largest absolute Gasteiger partial charge is 0.491 e. The number of hydrogen-bond donors (Lipinski definition) is 0. The zero-order valence-electron chi connectivity index (χ0n) is 10.4. The van der Waals surface area contributed by atoms with Gasteiger partial charge in [-0.3, -0.25) is 0 Å². The molecule has 0 fully saturated rings. The number of ether oxygens (including phenoxy) is 1. The lowest BCUT2D eigenvalue weighted by atomic mass is 10.2. The topological polar surface area (TPSA) is 34.5 Å². The quantitative estimate of drug-likeness (QED) is 0.779. The first-order chi connectivity index (χ1) is 9.50. The van der Waals surface area contributed by atoms with E-state index in [4.69, 9.17) is 4.74 Å². The smallest absolute Gasteiger partial charge is 0.420 e. The molecule has 0 atom stereocenters. The van der Waals surface area contributed by atoms with Crippen LogP contribution >= 0.6 is 11.3 Å². The van der Waals surface area contributed by atoms with Crippen molar-refractivity contribution in [3.8, 4) is 5.75 Å². The van der Waals surface area contributed by atoms with Crippen LogP contribution in [0.15, 0.2) is 34.1 Å². The summed E-state index contributed by atoms with van der Waals surface area (Å²) in [6.07, 6.45) is -2.94. The molecule has 0 N–H and O–H groups in total. The molecule has 0 spiro atoms. The van der Waals surface area contributed by atoms with Crippen molar-refractivity contribution in [3.05, 3.63) is 40.2 Å². The lowest BCUT2D eigenvalue weighted by molar-refractivity contribution is -0.139. The van der Waals surface area contributed by atoms with E-state index in [0.29, 0.717) is 6.42 Å². The summed E-state index contributed by atoms with van der Waals surface area (Å²) in [5.74, 6) is -0.373. The second-order valence-electron chi connectivity index (χ2n) is 3.92. The minimum Gasteiger partial charge on any atom is -0.491 e. The second kappa shape index (κ2) is 6.04. The zero-order chi connectivity index (χ0) is 14.6. The van der Waals surface area contributed by atoms with Crippen molar-refractivity contribution >= 4 is 23.9 Å². The maximum absolute atomic E-state index is 12.9. The van der Waals surface area contributed by atoms with Crippen LogP contribution in [0.2, 0.25) is 0 Å². The molecule has 0 amide bonds. The van der Waals surface area contributed by atoms with Crippen LogP contribution in [-0.4, -0.2) is 18.3 Å². The maximum Gasteiger partial charge on any atom is 0.420 e. The Kier molecular flexibility index (Phi) is 4.39. The second-order valence-corrected chi connectivity index (χ2v) is 4.70. The Hall–Kier alpha value is -1.89. The van der Waals surface area contributed by atoms with Gasteiger partial charge in [0.1, 0.15) is 11.3 Å². The molecule has 2 aromatic heterocycles. The van der Waals surface area contributed by atoms with Crippen molar-refractivity contribution in [2.24, 2.45) is 4.99 Å². The van der Waals surface area contributed by atoms with E-state index in [1.807, 2.05) is 16.8 Å². The van der Waals surface area contributed by atoms with Gasteiger partial charge in [0.2, 0.25) is 0 Å². The summed E-state index contributed by atoms with van der Waals surface area (Å²) in [6.45, 7) is 3.32. The molecule has 0 aliphatic rings. The monoisotopic (exact) mass is 300 g/mol. The van der Waals surface area contributed by atoms with Gasteiger partial charge in [-0.05, 0) is 35.2 Å². The van der Waals surface area contributed by atoms with E-state index in [9.17, 15) is 13.2 Å². The van der Waals surface area contributed by atoms with Crippen molar-refractivity contribution < 1.29 is 17.9 Å². The van der Waals surface area contributed by atoms with Gasteiger partial charge < -0.3 is 4.74 Å². The Morgan fingerprint density at radius 3 is 2.80 bits per heavy atom. The van der Waals surface area contributed by atoms with E-state index in [2.05, 4.69) is 16.7 Å². The van der Waals surface area contributed by atoms with E-state index in [1.54, 1.807) is 0 Å². The standard InChI is InChI=1S/C13H11F3N2OS/c1-17-12-6-10(13(14,15)16)11(7-18-12)19-4-2-9-3-5-20-8-9/h3,5-8H,1-2,4H2. The molecule has 0 aliphatic heterocycles. The van der Waals surface area contributed by atoms with Gasteiger partial charge in [0.15, 0.2) is 5.82 Å². The number of rotatable bonds is 5. The minimum atomic E-state index is -4.51. The fourth-order valence-corrected chi connectivity index (χ4v) is 2.27. The normalized spacial score (nSPS) is 11.3. The predicted octanol–water partition coefficient (Wildman–Crippen LogP) is 4.12. The first-order valence-corrected chi connectivity index (χ1v) is 6.63.